The Balaban J connectivity index is 1.53. The topological polar surface area (TPSA) is 80.3 Å². The number of carbonyl (C=O) groups excluding carboxylic acids is 2. The summed E-state index contributed by atoms with van der Waals surface area (Å²) < 4.78 is 0. The zero-order chi connectivity index (χ0) is 20.2. The smallest absolute Gasteiger partial charge is 0.325 e. The maximum absolute atomic E-state index is 12.5. The van der Waals surface area contributed by atoms with Crippen LogP contribution in [0.15, 0.2) is 34.6 Å². The summed E-state index contributed by atoms with van der Waals surface area (Å²) in [5, 5.41) is 6.55. The van der Waals surface area contributed by atoms with Crippen molar-refractivity contribution >= 4 is 35.2 Å². The molecule has 0 spiro atoms. The number of likely N-dealkylation sites (N-methyl/N-ethyl adjacent to an activating group) is 1. The summed E-state index contributed by atoms with van der Waals surface area (Å²) in [7, 11) is 1.66. The van der Waals surface area contributed by atoms with E-state index in [1.54, 1.807) is 7.05 Å². The molecule has 2 atom stereocenters. The van der Waals surface area contributed by atoms with Crippen molar-refractivity contribution in [2.45, 2.75) is 33.0 Å². The normalized spacial score (nSPS) is 23.8. The van der Waals surface area contributed by atoms with Gasteiger partial charge in [0.2, 0.25) is 5.96 Å². The van der Waals surface area contributed by atoms with Gasteiger partial charge >= 0.3 is 6.03 Å². The van der Waals surface area contributed by atoms with Gasteiger partial charge in [0, 0.05) is 42.2 Å². The number of rotatable bonds is 4. The van der Waals surface area contributed by atoms with E-state index in [1.165, 1.54) is 4.90 Å². The van der Waals surface area contributed by atoms with Crippen molar-refractivity contribution in [3.63, 3.8) is 0 Å². The average molecular weight is 403 g/mol. The quantitative estimate of drug-likeness (QED) is 0.806. The molecule has 28 heavy (non-hydrogen) atoms. The molecule has 3 heterocycles. The highest BCUT2D eigenvalue weighted by molar-refractivity contribution is 6.31. The monoisotopic (exact) mass is 402 g/mol. The molecule has 9 heteroatoms. The maximum atomic E-state index is 12.5. The molecule has 3 aliphatic rings. The van der Waals surface area contributed by atoms with Gasteiger partial charge in [-0.05, 0) is 38.5 Å². The lowest BCUT2D eigenvalue weighted by atomic mass is 10.1. The molecule has 3 amide bonds. The molecule has 3 aliphatic heterocycles. The number of amides is 3. The van der Waals surface area contributed by atoms with E-state index in [-0.39, 0.29) is 5.91 Å². The van der Waals surface area contributed by atoms with E-state index in [0.29, 0.717) is 19.0 Å². The molecule has 1 saturated heterocycles. The van der Waals surface area contributed by atoms with Gasteiger partial charge in [0.1, 0.15) is 0 Å². The number of aliphatic imine (C=N–C) groups is 1. The van der Waals surface area contributed by atoms with Crippen LogP contribution >= 0.6 is 11.6 Å². The lowest BCUT2D eigenvalue weighted by molar-refractivity contribution is -0.126. The molecule has 0 aromatic heterocycles. The first kappa shape index (κ1) is 18.6. The van der Waals surface area contributed by atoms with Crippen LogP contribution in [0.5, 0.6) is 0 Å². The molecule has 0 bridgehead atoms. The fourth-order valence-corrected chi connectivity index (χ4v) is 4.07. The fraction of sp³-hybridized carbons (Fsp3) is 0.421. The SMILES string of the molecule is CC1=C(C)N2C(=NC3C2C(=O)NC(=O)N3C)N1CCNc1cccc(Cl)c1C. The number of guanidine groups is 1. The molecule has 4 rings (SSSR count). The summed E-state index contributed by atoms with van der Waals surface area (Å²) >= 11 is 6.19. The molecule has 1 aromatic carbocycles. The number of urea groups is 1. The first-order chi connectivity index (χ1) is 13.3. The van der Waals surface area contributed by atoms with Gasteiger partial charge in [0.05, 0.1) is 0 Å². The van der Waals surface area contributed by atoms with Crippen molar-refractivity contribution in [1.82, 2.24) is 20.0 Å². The molecule has 1 aromatic rings. The molecule has 1 fully saturated rings. The van der Waals surface area contributed by atoms with Crippen molar-refractivity contribution in [3.05, 3.63) is 40.2 Å². The number of carbonyl (C=O) groups is 2. The molecule has 2 N–H and O–H groups in total. The third kappa shape index (κ3) is 2.71. The minimum absolute atomic E-state index is 0.312. The van der Waals surface area contributed by atoms with Crippen molar-refractivity contribution in [2.24, 2.45) is 4.99 Å². The van der Waals surface area contributed by atoms with Gasteiger partial charge < -0.3 is 15.1 Å². The zero-order valence-corrected chi connectivity index (χ0v) is 17.0. The van der Waals surface area contributed by atoms with Crippen LogP contribution in [0.25, 0.3) is 0 Å². The Morgan fingerprint density at radius 1 is 1.21 bits per heavy atom. The van der Waals surface area contributed by atoms with Crippen LogP contribution < -0.4 is 10.6 Å². The highest BCUT2D eigenvalue weighted by Crippen LogP contribution is 2.35. The maximum Gasteiger partial charge on any atom is 0.325 e. The van der Waals surface area contributed by atoms with Gasteiger partial charge in [-0.15, -0.1) is 0 Å². The summed E-state index contributed by atoms with van der Waals surface area (Å²) in [6, 6.07) is 4.84. The molecule has 8 nitrogen and oxygen atoms in total. The number of halogens is 1. The third-order valence-electron chi connectivity index (χ3n) is 5.69. The van der Waals surface area contributed by atoms with E-state index >= 15 is 0 Å². The van der Waals surface area contributed by atoms with Crippen LogP contribution in [0.3, 0.4) is 0 Å². The number of nitrogens with zero attached hydrogens (tertiary/aromatic N) is 4. The van der Waals surface area contributed by atoms with Crippen molar-refractivity contribution in [2.75, 3.05) is 25.5 Å². The van der Waals surface area contributed by atoms with Crippen molar-refractivity contribution < 1.29 is 9.59 Å². The van der Waals surface area contributed by atoms with Crippen molar-refractivity contribution in [3.8, 4) is 0 Å². The molecule has 0 radical (unpaired) electrons. The van der Waals surface area contributed by atoms with Crippen LogP contribution in [-0.4, -0.2) is 64.9 Å². The average Bonchev–Trinajstić information content (AvgIpc) is 3.15. The molecule has 2 unspecified atom stereocenters. The van der Waals surface area contributed by atoms with Crippen LogP contribution in [-0.2, 0) is 4.79 Å². The van der Waals surface area contributed by atoms with E-state index in [2.05, 4.69) is 15.5 Å². The number of benzene rings is 1. The zero-order valence-electron chi connectivity index (χ0n) is 16.3. The Morgan fingerprint density at radius 3 is 2.71 bits per heavy atom. The minimum atomic E-state index is -0.527. The van der Waals surface area contributed by atoms with Gasteiger partial charge in [-0.2, -0.15) is 0 Å². The standard InChI is InChI=1S/C19H23ClN6O2/c1-10-13(20)6-5-7-14(10)21-8-9-25-11(2)12(3)26-15-16(22-18(25)26)24(4)19(28)23-17(15)27/h5-7,15-16,21H,8-9H2,1-4H3,(H,23,27,28). The molecule has 0 aliphatic carbocycles. The number of nitrogens with one attached hydrogen (secondary N) is 2. The van der Waals surface area contributed by atoms with E-state index in [4.69, 9.17) is 16.6 Å². The molecular weight excluding hydrogens is 380 g/mol. The summed E-state index contributed by atoms with van der Waals surface area (Å²) in [6.45, 7) is 7.32. The van der Waals surface area contributed by atoms with Gasteiger partial charge in [0.15, 0.2) is 12.2 Å². The van der Waals surface area contributed by atoms with Crippen molar-refractivity contribution in [1.29, 1.82) is 0 Å². The lowest BCUT2D eigenvalue weighted by Gasteiger charge is -2.35. The molecule has 148 valence electrons. The molecular formula is C19H23ClN6O2. The van der Waals surface area contributed by atoms with Gasteiger partial charge in [-0.1, -0.05) is 17.7 Å². The van der Waals surface area contributed by atoms with Crippen LogP contribution in [0.4, 0.5) is 10.5 Å². The Labute approximate surface area is 168 Å². The van der Waals surface area contributed by atoms with Gasteiger partial charge in [-0.25, -0.2) is 9.79 Å². The summed E-state index contributed by atoms with van der Waals surface area (Å²) in [5.74, 6) is 0.403. The van der Waals surface area contributed by atoms with Crippen LogP contribution in [0.1, 0.15) is 19.4 Å². The predicted octanol–water partition coefficient (Wildman–Crippen LogP) is 2.18. The number of anilines is 1. The first-order valence-electron chi connectivity index (χ1n) is 9.20. The van der Waals surface area contributed by atoms with Crippen LogP contribution in [0.2, 0.25) is 5.02 Å². The summed E-state index contributed by atoms with van der Waals surface area (Å²) in [4.78, 5) is 34.6. The fourth-order valence-electron chi connectivity index (χ4n) is 3.89. The lowest BCUT2D eigenvalue weighted by Crippen LogP contribution is -2.63. The number of hydrogen-bond donors (Lipinski definition) is 2. The summed E-state index contributed by atoms with van der Waals surface area (Å²) in [6.07, 6.45) is -0.509. The molecule has 0 saturated carbocycles. The van der Waals surface area contributed by atoms with E-state index in [1.807, 2.05) is 43.9 Å². The van der Waals surface area contributed by atoms with Gasteiger partial charge in [0.25, 0.3) is 5.91 Å². The highest BCUT2D eigenvalue weighted by Gasteiger charge is 2.52. The number of imide groups is 1. The Hall–Kier alpha value is -2.74. The van der Waals surface area contributed by atoms with E-state index in [9.17, 15) is 9.59 Å². The Kier molecular flexibility index (Phi) is 4.45. The highest BCUT2D eigenvalue weighted by atomic mass is 35.5. The van der Waals surface area contributed by atoms with Gasteiger partial charge in [-0.3, -0.25) is 15.0 Å². The number of allylic oxidation sites excluding steroid dienone is 2. The predicted molar refractivity (Wildman–Crippen MR) is 108 cm³/mol. The second-order valence-electron chi connectivity index (χ2n) is 7.22. The minimum Gasteiger partial charge on any atom is -0.383 e. The third-order valence-corrected chi connectivity index (χ3v) is 6.10. The van der Waals surface area contributed by atoms with E-state index < -0.39 is 18.2 Å². The van der Waals surface area contributed by atoms with E-state index in [0.717, 1.165) is 27.7 Å². The summed E-state index contributed by atoms with van der Waals surface area (Å²) in [5.41, 5.74) is 4.03. The Morgan fingerprint density at radius 2 is 1.96 bits per heavy atom. The number of fused-ring (bicyclic) bond motifs is 3. The second kappa shape index (κ2) is 6.70. The largest absolute Gasteiger partial charge is 0.383 e. The number of hydrogen-bond acceptors (Lipinski definition) is 6. The van der Waals surface area contributed by atoms with Crippen LogP contribution in [0, 0.1) is 6.92 Å². The first-order valence-corrected chi connectivity index (χ1v) is 9.57. The second-order valence-corrected chi connectivity index (χ2v) is 7.63. The Bertz CT molecular complexity index is 927.